The number of carbonyl (C=O) groups is 1. The van der Waals surface area contributed by atoms with E-state index in [0.29, 0.717) is 18.7 Å². The van der Waals surface area contributed by atoms with Crippen LogP contribution in [0.5, 0.6) is 5.75 Å². The first-order chi connectivity index (χ1) is 11.8. The highest BCUT2D eigenvalue weighted by Gasteiger charge is 2.06. The normalized spacial score (nSPS) is 10.3. The Morgan fingerprint density at radius 1 is 1.04 bits per heavy atom. The lowest BCUT2D eigenvalue weighted by Gasteiger charge is -2.06. The summed E-state index contributed by atoms with van der Waals surface area (Å²) in [5.74, 6) is 0.568. The number of nitrogens with zero attached hydrogens (tertiary/aromatic N) is 1. The summed E-state index contributed by atoms with van der Waals surface area (Å²) in [7, 11) is 0. The van der Waals surface area contributed by atoms with Gasteiger partial charge in [0.25, 0.3) is 5.91 Å². The van der Waals surface area contributed by atoms with Crippen LogP contribution in [0.25, 0.3) is 11.3 Å². The molecule has 0 saturated heterocycles. The molecule has 0 unspecified atom stereocenters. The zero-order valence-electron chi connectivity index (χ0n) is 13.1. The van der Waals surface area contributed by atoms with Gasteiger partial charge in [0.05, 0.1) is 10.7 Å². The molecule has 0 bridgehead atoms. The number of rotatable bonds is 7. The molecule has 3 aromatic rings. The van der Waals surface area contributed by atoms with Gasteiger partial charge >= 0.3 is 0 Å². The Labute approximate surface area is 145 Å². The number of thiazole rings is 1. The zero-order valence-corrected chi connectivity index (χ0v) is 14.0. The van der Waals surface area contributed by atoms with Gasteiger partial charge in [-0.15, -0.1) is 11.3 Å². The quantitative estimate of drug-likeness (QED) is 0.717. The molecule has 0 aliphatic carbocycles. The molecule has 0 saturated carbocycles. The summed E-state index contributed by atoms with van der Waals surface area (Å²) >= 11 is 1.61. The Hall–Kier alpha value is -2.66. The molecule has 5 heteroatoms. The fourth-order valence-corrected chi connectivity index (χ4v) is 3.00. The number of nitrogens with one attached hydrogen (secondary N) is 1. The Bertz CT molecular complexity index is 772. The SMILES string of the molecule is O=C(COc1ccccc1)NCCc1nc(-c2ccccc2)cs1. The number of benzene rings is 2. The van der Waals surface area contributed by atoms with Crippen LogP contribution in [-0.4, -0.2) is 24.0 Å². The van der Waals surface area contributed by atoms with Gasteiger partial charge in [-0.05, 0) is 12.1 Å². The minimum Gasteiger partial charge on any atom is -0.484 e. The van der Waals surface area contributed by atoms with Crippen LogP contribution < -0.4 is 10.1 Å². The maximum absolute atomic E-state index is 11.8. The van der Waals surface area contributed by atoms with Crippen molar-refractivity contribution >= 4 is 17.2 Å². The van der Waals surface area contributed by atoms with E-state index in [1.54, 1.807) is 11.3 Å². The van der Waals surface area contributed by atoms with E-state index in [4.69, 9.17) is 4.74 Å². The second-order valence-electron chi connectivity index (χ2n) is 5.19. The average Bonchev–Trinajstić information content (AvgIpc) is 3.11. The highest BCUT2D eigenvalue weighted by atomic mass is 32.1. The third-order valence-corrected chi connectivity index (χ3v) is 4.30. The lowest BCUT2D eigenvalue weighted by atomic mass is 10.2. The Morgan fingerprint density at radius 3 is 2.50 bits per heavy atom. The van der Waals surface area contributed by atoms with Crippen LogP contribution in [0.2, 0.25) is 0 Å². The van der Waals surface area contributed by atoms with Gasteiger partial charge in [-0.1, -0.05) is 48.5 Å². The Balaban J connectivity index is 1.42. The molecule has 0 fully saturated rings. The molecule has 0 aliphatic heterocycles. The Kier molecular flexibility index (Phi) is 5.58. The third kappa shape index (κ3) is 4.67. The lowest BCUT2D eigenvalue weighted by molar-refractivity contribution is -0.123. The van der Waals surface area contributed by atoms with Gasteiger partial charge in [-0.2, -0.15) is 0 Å². The average molecular weight is 338 g/mol. The van der Waals surface area contributed by atoms with Crippen LogP contribution in [0.15, 0.2) is 66.0 Å². The number of carbonyl (C=O) groups excluding carboxylic acids is 1. The van der Waals surface area contributed by atoms with Crippen molar-refractivity contribution in [1.29, 1.82) is 0 Å². The smallest absolute Gasteiger partial charge is 0.257 e. The number of hydrogen-bond donors (Lipinski definition) is 1. The number of para-hydroxylation sites is 1. The summed E-state index contributed by atoms with van der Waals surface area (Å²) in [5, 5.41) is 5.91. The molecular formula is C19H18N2O2S. The highest BCUT2D eigenvalue weighted by Crippen LogP contribution is 2.21. The Morgan fingerprint density at radius 2 is 1.75 bits per heavy atom. The van der Waals surface area contributed by atoms with Crippen molar-refractivity contribution in [2.45, 2.75) is 6.42 Å². The van der Waals surface area contributed by atoms with Crippen LogP contribution in [-0.2, 0) is 11.2 Å². The van der Waals surface area contributed by atoms with E-state index in [1.807, 2.05) is 66.0 Å². The molecule has 2 aromatic carbocycles. The molecule has 0 aliphatic rings. The molecule has 122 valence electrons. The van der Waals surface area contributed by atoms with E-state index >= 15 is 0 Å². The largest absolute Gasteiger partial charge is 0.484 e. The lowest BCUT2D eigenvalue weighted by Crippen LogP contribution is -2.30. The van der Waals surface area contributed by atoms with E-state index in [-0.39, 0.29) is 12.5 Å². The van der Waals surface area contributed by atoms with E-state index < -0.39 is 0 Å². The molecule has 1 aromatic heterocycles. The second-order valence-corrected chi connectivity index (χ2v) is 6.14. The first-order valence-corrected chi connectivity index (χ1v) is 8.63. The van der Waals surface area contributed by atoms with Crippen LogP contribution in [0.4, 0.5) is 0 Å². The molecule has 4 nitrogen and oxygen atoms in total. The van der Waals surface area contributed by atoms with Crippen molar-refractivity contribution < 1.29 is 9.53 Å². The fourth-order valence-electron chi connectivity index (χ4n) is 2.19. The van der Waals surface area contributed by atoms with Crippen LogP contribution in [0.3, 0.4) is 0 Å². The van der Waals surface area contributed by atoms with Gasteiger partial charge in [-0.25, -0.2) is 4.98 Å². The van der Waals surface area contributed by atoms with Gasteiger partial charge in [0.1, 0.15) is 5.75 Å². The molecule has 1 heterocycles. The highest BCUT2D eigenvalue weighted by molar-refractivity contribution is 7.09. The fraction of sp³-hybridized carbons (Fsp3) is 0.158. The summed E-state index contributed by atoms with van der Waals surface area (Å²) < 4.78 is 5.41. The molecule has 0 spiro atoms. The zero-order chi connectivity index (χ0) is 16.6. The number of ether oxygens (including phenoxy) is 1. The van der Waals surface area contributed by atoms with Crippen LogP contribution >= 0.6 is 11.3 Å². The maximum atomic E-state index is 11.8. The summed E-state index contributed by atoms with van der Waals surface area (Å²) in [6.07, 6.45) is 0.717. The second kappa shape index (κ2) is 8.26. The van der Waals surface area contributed by atoms with Gasteiger partial charge in [0, 0.05) is 23.9 Å². The summed E-state index contributed by atoms with van der Waals surface area (Å²) in [6, 6.07) is 19.4. The van der Waals surface area contributed by atoms with Gasteiger partial charge in [0.2, 0.25) is 0 Å². The molecule has 0 atom stereocenters. The van der Waals surface area contributed by atoms with Crippen molar-refractivity contribution in [2.24, 2.45) is 0 Å². The molecule has 1 amide bonds. The van der Waals surface area contributed by atoms with Gasteiger partial charge < -0.3 is 10.1 Å². The van der Waals surface area contributed by atoms with E-state index in [9.17, 15) is 4.79 Å². The minimum absolute atomic E-state index is 0.0249. The van der Waals surface area contributed by atoms with E-state index in [0.717, 1.165) is 16.3 Å². The van der Waals surface area contributed by atoms with Crippen LogP contribution in [0, 0.1) is 0 Å². The monoisotopic (exact) mass is 338 g/mol. The van der Waals surface area contributed by atoms with Crippen LogP contribution in [0.1, 0.15) is 5.01 Å². The van der Waals surface area contributed by atoms with Crippen molar-refractivity contribution in [3.05, 3.63) is 71.1 Å². The number of amides is 1. The van der Waals surface area contributed by atoms with E-state index in [2.05, 4.69) is 10.3 Å². The maximum Gasteiger partial charge on any atom is 0.257 e. The minimum atomic E-state index is -0.126. The van der Waals surface area contributed by atoms with Crippen molar-refractivity contribution in [2.75, 3.05) is 13.2 Å². The first-order valence-electron chi connectivity index (χ1n) is 7.75. The van der Waals surface area contributed by atoms with Gasteiger partial charge in [0.15, 0.2) is 6.61 Å². The predicted octanol–water partition coefficient (Wildman–Crippen LogP) is 3.55. The standard InChI is InChI=1S/C19H18N2O2S/c22-18(13-23-16-9-5-2-6-10-16)20-12-11-19-21-17(14-24-19)15-7-3-1-4-8-15/h1-10,14H,11-13H2,(H,20,22). The molecule has 24 heavy (non-hydrogen) atoms. The molecule has 0 radical (unpaired) electrons. The molecule has 1 N–H and O–H groups in total. The first kappa shape index (κ1) is 16.2. The van der Waals surface area contributed by atoms with Crippen molar-refractivity contribution in [3.63, 3.8) is 0 Å². The summed E-state index contributed by atoms with van der Waals surface area (Å²) in [4.78, 5) is 16.4. The summed E-state index contributed by atoms with van der Waals surface area (Å²) in [6.45, 7) is 0.579. The topological polar surface area (TPSA) is 51.2 Å². The number of aromatic nitrogens is 1. The number of hydrogen-bond acceptors (Lipinski definition) is 4. The molecular weight excluding hydrogens is 320 g/mol. The van der Waals surface area contributed by atoms with Gasteiger partial charge in [-0.3, -0.25) is 4.79 Å². The summed E-state index contributed by atoms with van der Waals surface area (Å²) in [5.41, 5.74) is 2.09. The van der Waals surface area contributed by atoms with Crippen molar-refractivity contribution in [3.8, 4) is 17.0 Å². The third-order valence-electron chi connectivity index (χ3n) is 3.40. The predicted molar refractivity (Wildman–Crippen MR) is 96.2 cm³/mol. The van der Waals surface area contributed by atoms with Crippen molar-refractivity contribution in [1.82, 2.24) is 10.3 Å². The molecule has 3 rings (SSSR count). The van der Waals surface area contributed by atoms with E-state index in [1.165, 1.54) is 0 Å².